The number of nitrogens with zero attached hydrogens (tertiary/aromatic N) is 1. The Balaban J connectivity index is 4.35. The Morgan fingerprint density at radius 1 is 1.50 bits per heavy atom. The lowest BCUT2D eigenvalue weighted by molar-refractivity contribution is -0.919. The Morgan fingerprint density at radius 2 is 1.92 bits per heavy atom. The summed E-state index contributed by atoms with van der Waals surface area (Å²) in [5.41, 5.74) is 0. The van der Waals surface area contributed by atoms with Gasteiger partial charge < -0.3 is 5.11 Å². The van der Waals surface area contributed by atoms with Crippen molar-refractivity contribution in [3.63, 3.8) is 0 Å². The summed E-state index contributed by atoms with van der Waals surface area (Å²) in [6.07, 6.45) is 0.610. The van der Waals surface area contributed by atoms with E-state index in [-0.39, 0.29) is 4.59 Å². The van der Waals surface area contributed by atoms with Gasteiger partial charge in [0.1, 0.15) is 0 Å². The molecule has 0 saturated carbocycles. The van der Waals surface area contributed by atoms with Crippen LogP contribution >= 0.6 is 0 Å². The van der Waals surface area contributed by atoms with Crippen LogP contribution in [0.15, 0.2) is 0 Å². The number of carbonyl (C=O) groups is 1. The first kappa shape index (κ1) is 11.4. The molecule has 0 aliphatic carbocycles. The Hall–Kier alpha value is -0.610. The molecule has 0 heterocycles. The topological polar surface area (TPSA) is 63.3 Å². The fourth-order valence-electron chi connectivity index (χ4n) is 1.10. The normalized spacial score (nSPS) is 14.8. The zero-order valence-corrected chi connectivity index (χ0v) is 8.24. The van der Waals surface area contributed by atoms with Gasteiger partial charge in [-0.1, -0.05) is 13.8 Å². The van der Waals surface area contributed by atoms with Gasteiger partial charge in [0.25, 0.3) is 0 Å². The highest BCUT2D eigenvalue weighted by Crippen LogP contribution is 2.12. The van der Waals surface area contributed by atoms with E-state index in [1.165, 1.54) is 0 Å². The number of quaternary nitrogens is 1. The minimum Gasteiger partial charge on any atom is -0.477 e. The average Bonchev–Trinajstić information content (AvgIpc) is 1.79. The molecule has 0 aromatic carbocycles. The summed E-state index contributed by atoms with van der Waals surface area (Å²) < 4.78 is -0.00644. The van der Waals surface area contributed by atoms with E-state index in [9.17, 15) is 4.79 Å². The second kappa shape index (κ2) is 3.87. The van der Waals surface area contributed by atoms with E-state index >= 15 is 0 Å². The van der Waals surface area contributed by atoms with Crippen LogP contribution in [0.3, 0.4) is 0 Å². The van der Waals surface area contributed by atoms with E-state index in [1.54, 1.807) is 14.1 Å². The van der Waals surface area contributed by atoms with Crippen molar-refractivity contribution < 1.29 is 14.5 Å². The molecule has 12 heavy (non-hydrogen) atoms. The number of hydrogen-bond donors (Lipinski definition) is 2. The third-order valence-electron chi connectivity index (χ3n) is 1.78. The largest absolute Gasteiger partial charge is 0.477 e. The van der Waals surface area contributed by atoms with Crippen molar-refractivity contribution >= 4 is 5.97 Å². The molecule has 0 radical (unpaired) electrons. The summed E-state index contributed by atoms with van der Waals surface area (Å²) in [7, 11) is 3.39. The summed E-state index contributed by atoms with van der Waals surface area (Å²) in [6, 6.07) is -0.509. The van der Waals surface area contributed by atoms with Crippen LogP contribution in [0.4, 0.5) is 0 Å². The number of carboxylic acid groups (broad SMARTS) is 1. The molecule has 0 aliphatic rings. The average molecular weight is 175 g/mol. The molecule has 4 nitrogen and oxygen atoms in total. The highest BCUT2D eigenvalue weighted by atomic mass is 16.4. The van der Waals surface area contributed by atoms with Gasteiger partial charge >= 0.3 is 5.97 Å². The zero-order chi connectivity index (χ0) is 9.94. The molecule has 3 N–H and O–H groups in total. The maximum Gasteiger partial charge on any atom is 0.364 e. The number of nitrogens with two attached hydrogens (primary N) is 1. The van der Waals surface area contributed by atoms with Crippen LogP contribution < -0.4 is 5.84 Å². The Labute approximate surface area is 73.5 Å². The molecular formula is C8H19N2O2+. The maximum atomic E-state index is 10.8. The molecule has 4 heteroatoms. The minimum absolute atomic E-state index is 0.00644. The van der Waals surface area contributed by atoms with Crippen molar-refractivity contribution in [3.8, 4) is 0 Å². The van der Waals surface area contributed by atoms with E-state index in [1.807, 2.05) is 13.8 Å². The van der Waals surface area contributed by atoms with Gasteiger partial charge in [0.05, 0.1) is 14.1 Å². The predicted molar refractivity (Wildman–Crippen MR) is 47.2 cm³/mol. The molecule has 0 amide bonds. The fourth-order valence-corrected chi connectivity index (χ4v) is 1.10. The molecule has 0 aromatic heterocycles. The van der Waals surface area contributed by atoms with Gasteiger partial charge in [0, 0.05) is 6.42 Å². The summed E-state index contributed by atoms with van der Waals surface area (Å²) in [5, 5.41) is 8.86. The molecule has 72 valence electrons. The van der Waals surface area contributed by atoms with Crippen LogP contribution in [0, 0.1) is 5.92 Å². The number of likely N-dealkylation sites (N-methyl/N-ethyl adjacent to an activating group) is 1. The Kier molecular flexibility index (Phi) is 3.67. The van der Waals surface area contributed by atoms with Gasteiger partial charge in [-0.15, -0.1) is 0 Å². The van der Waals surface area contributed by atoms with Gasteiger partial charge in [0.15, 0.2) is 0 Å². The van der Waals surface area contributed by atoms with Crippen molar-refractivity contribution in [2.45, 2.75) is 26.3 Å². The lowest BCUT2D eigenvalue weighted by atomic mass is 10.0. The van der Waals surface area contributed by atoms with E-state index in [2.05, 4.69) is 0 Å². The lowest BCUT2D eigenvalue weighted by Gasteiger charge is -2.30. The Bertz CT molecular complexity index is 161. The predicted octanol–water partition coefficient (Wildman–Crippen LogP) is 0.436. The van der Waals surface area contributed by atoms with Crippen molar-refractivity contribution in [2.24, 2.45) is 11.8 Å². The number of carboxylic acids is 1. The summed E-state index contributed by atoms with van der Waals surface area (Å²) in [4.78, 5) is 10.8. The summed E-state index contributed by atoms with van der Waals surface area (Å²) >= 11 is 0. The smallest absolute Gasteiger partial charge is 0.364 e. The third-order valence-corrected chi connectivity index (χ3v) is 1.78. The van der Waals surface area contributed by atoms with E-state index < -0.39 is 12.0 Å². The second-order valence-corrected chi connectivity index (χ2v) is 4.11. The van der Waals surface area contributed by atoms with Crippen LogP contribution in [-0.4, -0.2) is 35.8 Å². The molecule has 1 atom stereocenters. The third kappa shape index (κ3) is 3.69. The van der Waals surface area contributed by atoms with Gasteiger partial charge in [-0.25, -0.2) is 9.39 Å². The van der Waals surface area contributed by atoms with E-state index in [0.29, 0.717) is 12.3 Å². The molecule has 0 aromatic rings. The van der Waals surface area contributed by atoms with Gasteiger partial charge in [0.2, 0.25) is 6.04 Å². The van der Waals surface area contributed by atoms with Crippen LogP contribution in [0.1, 0.15) is 20.3 Å². The fraction of sp³-hybridized carbons (Fsp3) is 0.875. The molecule has 0 rings (SSSR count). The molecule has 0 saturated heterocycles. The number of aliphatic carboxylic acids is 1. The standard InChI is InChI=1S/C8H18N2O2/c1-6(2)5-7(8(11)12)10(3,4)9/h6-7H,5,9H2,1-4H3/p+1. The second-order valence-electron chi connectivity index (χ2n) is 4.11. The molecule has 0 spiro atoms. The molecule has 0 aliphatic heterocycles. The monoisotopic (exact) mass is 175 g/mol. The number of rotatable bonds is 4. The van der Waals surface area contributed by atoms with Crippen LogP contribution in [0.2, 0.25) is 0 Å². The molecule has 0 bridgehead atoms. The Morgan fingerprint density at radius 3 is 2.00 bits per heavy atom. The van der Waals surface area contributed by atoms with Crippen molar-refractivity contribution in [1.29, 1.82) is 0 Å². The first-order valence-corrected chi connectivity index (χ1v) is 4.10. The van der Waals surface area contributed by atoms with Gasteiger partial charge in [-0.05, 0) is 5.92 Å². The molecular weight excluding hydrogens is 156 g/mol. The quantitative estimate of drug-likeness (QED) is 0.370. The summed E-state index contributed by atoms with van der Waals surface area (Å²) in [6.45, 7) is 3.98. The maximum absolute atomic E-state index is 10.8. The minimum atomic E-state index is -0.823. The van der Waals surface area contributed by atoms with Crippen LogP contribution in [-0.2, 0) is 4.79 Å². The highest BCUT2D eigenvalue weighted by Gasteiger charge is 2.32. The van der Waals surface area contributed by atoms with Crippen molar-refractivity contribution in [1.82, 2.24) is 0 Å². The van der Waals surface area contributed by atoms with Crippen molar-refractivity contribution in [3.05, 3.63) is 0 Å². The van der Waals surface area contributed by atoms with Gasteiger partial charge in [-0.3, -0.25) is 0 Å². The summed E-state index contributed by atoms with van der Waals surface area (Å²) in [5.74, 6) is 5.22. The lowest BCUT2D eigenvalue weighted by Crippen LogP contribution is -2.58. The first-order chi connectivity index (χ1) is 5.25. The first-order valence-electron chi connectivity index (χ1n) is 4.10. The molecule has 0 fully saturated rings. The highest BCUT2D eigenvalue weighted by molar-refractivity contribution is 5.72. The SMILES string of the molecule is CC(C)CC(C(=O)O)[N+](C)(C)N. The van der Waals surface area contributed by atoms with E-state index in [0.717, 1.165) is 0 Å². The zero-order valence-electron chi connectivity index (χ0n) is 8.24. The van der Waals surface area contributed by atoms with Gasteiger partial charge in [-0.2, -0.15) is 5.84 Å². The van der Waals surface area contributed by atoms with Crippen LogP contribution in [0.5, 0.6) is 0 Å². The van der Waals surface area contributed by atoms with Crippen LogP contribution in [0.25, 0.3) is 0 Å². The number of hydrogen-bond acceptors (Lipinski definition) is 2. The van der Waals surface area contributed by atoms with Crippen molar-refractivity contribution in [2.75, 3.05) is 14.1 Å². The molecule has 1 unspecified atom stereocenters. The van der Waals surface area contributed by atoms with E-state index in [4.69, 9.17) is 10.9 Å².